The van der Waals surface area contributed by atoms with Gasteiger partial charge < -0.3 is 29.7 Å². The van der Waals surface area contributed by atoms with Crippen LogP contribution in [0.15, 0.2) is 34.9 Å². The van der Waals surface area contributed by atoms with E-state index in [9.17, 15) is 9.59 Å². The van der Waals surface area contributed by atoms with Crippen LogP contribution in [0.2, 0.25) is 0 Å². The topological polar surface area (TPSA) is 99.9 Å². The molecule has 1 aromatic carbocycles. The van der Waals surface area contributed by atoms with Crippen LogP contribution < -0.4 is 15.4 Å². The number of anilines is 2. The molecule has 0 bridgehead atoms. The normalized spacial score (nSPS) is 10.6. The molecule has 9 nitrogen and oxygen atoms in total. The van der Waals surface area contributed by atoms with Crippen molar-refractivity contribution in [2.75, 3.05) is 51.0 Å². The van der Waals surface area contributed by atoms with Crippen molar-refractivity contribution in [1.29, 1.82) is 0 Å². The van der Waals surface area contributed by atoms with Gasteiger partial charge in [-0.15, -0.1) is 0 Å². The van der Waals surface area contributed by atoms with Crippen LogP contribution in [0.4, 0.5) is 16.3 Å². The van der Waals surface area contributed by atoms with Crippen molar-refractivity contribution in [3.05, 3.63) is 36.1 Å². The van der Waals surface area contributed by atoms with E-state index in [-0.39, 0.29) is 18.5 Å². The highest BCUT2D eigenvalue weighted by molar-refractivity contribution is 5.97. The molecular formula is C19H27N5O4. The van der Waals surface area contributed by atoms with Crippen molar-refractivity contribution >= 4 is 23.4 Å². The summed E-state index contributed by atoms with van der Waals surface area (Å²) in [5.74, 6) is 1.12. The van der Waals surface area contributed by atoms with Gasteiger partial charge in [-0.1, -0.05) is 17.3 Å². The molecule has 0 saturated heterocycles. The minimum absolute atomic E-state index is 0.123. The molecule has 2 aromatic rings. The van der Waals surface area contributed by atoms with Gasteiger partial charge in [0, 0.05) is 19.2 Å². The van der Waals surface area contributed by atoms with Crippen molar-refractivity contribution in [3.8, 4) is 5.75 Å². The molecule has 3 amide bonds. The third-order valence-electron chi connectivity index (χ3n) is 3.76. The van der Waals surface area contributed by atoms with Crippen molar-refractivity contribution in [1.82, 2.24) is 15.0 Å². The maximum Gasteiger partial charge on any atom is 0.322 e. The van der Waals surface area contributed by atoms with Crippen molar-refractivity contribution < 1.29 is 18.8 Å². The number of carbonyl (C=O) groups excluding carboxylic acids is 2. The van der Waals surface area contributed by atoms with E-state index in [4.69, 9.17) is 9.26 Å². The van der Waals surface area contributed by atoms with E-state index in [2.05, 4.69) is 15.8 Å². The van der Waals surface area contributed by atoms with Crippen LogP contribution in [0.1, 0.15) is 12.7 Å². The molecule has 1 aromatic heterocycles. The van der Waals surface area contributed by atoms with E-state index in [1.165, 1.54) is 4.90 Å². The Balaban J connectivity index is 2.06. The summed E-state index contributed by atoms with van der Waals surface area (Å²) < 4.78 is 10.5. The average Bonchev–Trinajstić information content (AvgIpc) is 3.04. The van der Waals surface area contributed by atoms with Gasteiger partial charge in [-0.2, -0.15) is 0 Å². The quantitative estimate of drug-likeness (QED) is 0.683. The predicted octanol–water partition coefficient (Wildman–Crippen LogP) is 2.42. The molecular weight excluding hydrogens is 362 g/mol. The van der Waals surface area contributed by atoms with Gasteiger partial charge in [0.15, 0.2) is 5.82 Å². The van der Waals surface area contributed by atoms with Gasteiger partial charge in [0.1, 0.15) is 18.1 Å². The van der Waals surface area contributed by atoms with Gasteiger partial charge in [-0.3, -0.25) is 4.79 Å². The molecule has 152 valence electrons. The Morgan fingerprint density at radius 3 is 2.57 bits per heavy atom. The monoisotopic (exact) mass is 389 g/mol. The second kappa shape index (κ2) is 10.3. The third-order valence-corrected chi connectivity index (χ3v) is 3.76. The van der Waals surface area contributed by atoms with E-state index in [0.29, 0.717) is 42.7 Å². The number of urea groups is 1. The fourth-order valence-electron chi connectivity index (χ4n) is 2.40. The van der Waals surface area contributed by atoms with E-state index in [1.807, 2.05) is 38.1 Å². The minimum Gasteiger partial charge on any atom is -0.492 e. The number of rotatable bonds is 9. The molecule has 2 N–H and O–H groups in total. The zero-order valence-electron chi connectivity index (χ0n) is 16.7. The summed E-state index contributed by atoms with van der Waals surface area (Å²) in [5, 5.41) is 9.18. The van der Waals surface area contributed by atoms with Crippen LogP contribution in [0, 0.1) is 6.92 Å². The van der Waals surface area contributed by atoms with E-state index < -0.39 is 0 Å². The summed E-state index contributed by atoms with van der Waals surface area (Å²) >= 11 is 0. The largest absolute Gasteiger partial charge is 0.492 e. The van der Waals surface area contributed by atoms with Crippen molar-refractivity contribution in [3.63, 3.8) is 0 Å². The first-order chi connectivity index (χ1) is 13.4. The minimum atomic E-state index is -0.388. The molecule has 2 rings (SSSR count). The Bertz CT molecular complexity index is 790. The number of ether oxygens (including phenoxy) is 1. The SMILES string of the molecule is CCOc1ccccc1NC(=O)N(CCN(C)C)CC(=O)Nc1cc(C)on1. The maximum absolute atomic E-state index is 12.8. The van der Waals surface area contributed by atoms with Gasteiger partial charge >= 0.3 is 6.03 Å². The van der Waals surface area contributed by atoms with Crippen molar-refractivity contribution in [2.45, 2.75) is 13.8 Å². The number of carbonyl (C=O) groups is 2. The molecule has 0 radical (unpaired) electrons. The standard InChI is InChI=1S/C19H27N5O4/c1-5-27-16-9-7-6-8-15(16)20-19(26)24(11-10-23(3)4)13-18(25)21-17-12-14(2)28-22-17/h6-9,12H,5,10-11,13H2,1-4H3,(H,20,26)(H,21,22,25). The number of hydrogen-bond acceptors (Lipinski definition) is 6. The van der Waals surface area contributed by atoms with Crippen molar-refractivity contribution in [2.24, 2.45) is 0 Å². The van der Waals surface area contributed by atoms with Crippen LogP contribution in [-0.2, 0) is 4.79 Å². The molecule has 0 saturated carbocycles. The summed E-state index contributed by atoms with van der Waals surface area (Å²) in [6.45, 7) is 4.95. The number of benzene rings is 1. The average molecular weight is 389 g/mol. The summed E-state index contributed by atoms with van der Waals surface area (Å²) in [5.41, 5.74) is 0.553. The lowest BCUT2D eigenvalue weighted by molar-refractivity contribution is -0.116. The Kier molecular flexibility index (Phi) is 7.82. The maximum atomic E-state index is 12.8. The van der Waals surface area contributed by atoms with Gasteiger partial charge in [-0.05, 0) is 40.1 Å². The molecule has 0 spiro atoms. The molecule has 0 atom stereocenters. The van der Waals surface area contributed by atoms with Gasteiger partial charge in [-0.25, -0.2) is 4.79 Å². The van der Waals surface area contributed by atoms with E-state index in [1.54, 1.807) is 25.1 Å². The predicted molar refractivity (Wildman–Crippen MR) is 107 cm³/mol. The first-order valence-corrected chi connectivity index (χ1v) is 9.04. The number of likely N-dealkylation sites (N-methyl/N-ethyl adjacent to an activating group) is 1. The summed E-state index contributed by atoms with van der Waals surface area (Å²) in [6, 6.07) is 8.40. The fraction of sp³-hybridized carbons (Fsp3) is 0.421. The van der Waals surface area contributed by atoms with Crippen LogP contribution in [0.25, 0.3) is 0 Å². The highest BCUT2D eigenvalue weighted by Crippen LogP contribution is 2.24. The van der Waals surface area contributed by atoms with Gasteiger partial charge in [0.05, 0.1) is 12.3 Å². The summed E-state index contributed by atoms with van der Waals surface area (Å²) in [6.07, 6.45) is 0. The first kappa shape index (κ1) is 21.2. The molecule has 1 heterocycles. The van der Waals surface area contributed by atoms with E-state index >= 15 is 0 Å². The summed E-state index contributed by atoms with van der Waals surface area (Å²) in [7, 11) is 3.80. The third kappa shape index (κ3) is 6.58. The molecule has 9 heteroatoms. The Hall–Kier alpha value is -3.07. The highest BCUT2D eigenvalue weighted by Gasteiger charge is 2.19. The number of para-hydroxylation sites is 2. The summed E-state index contributed by atoms with van der Waals surface area (Å²) in [4.78, 5) is 28.5. The van der Waals surface area contributed by atoms with Gasteiger partial charge in [0.25, 0.3) is 0 Å². The van der Waals surface area contributed by atoms with Crippen LogP contribution in [0.3, 0.4) is 0 Å². The van der Waals surface area contributed by atoms with Crippen LogP contribution in [-0.4, -0.2) is 67.2 Å². The van der Waals surface area contributed by atoms with Crippen LogP contribution >= 0.6 is 0 Å². The molecule has 0 unspecified atom stereocenters. The number of aryl methyl sites for hydroxylation is 1. The smallest absolute Gasteiger partial charge is 0.322 e. The number of amides is 3. The molecule has 0 aliphatic heterocycles. The lowest BCUT2D eigenvalue weighted by Crippen LogP contribution is -2.43. The fourth-order valence-corrected chi connectivity index (χ4v) is 2.40. The number of nitrogens with one attached hydrogen (secondary N) is 2. The van der Waals surface area contributed by atoms with E-state index in [0.717, 1.165) is 0 Å². The van der Waals surface area contributed by atoms with Crippen LogP contribution in [0.5, 0.6) is 5.75 Å². The second-order valence-corrected chi connectivity index (χ2v) is 6.46. The second-order valence-electron chi connectivity index (χ2n) is 6.46. The molecule has 0 aliphatic carbocycles. The number of nitrogens with zero attached hydrogens (tertiary/aromatic N) is 3. The Morgan fingerprint density at radius 1 is 1.18 bits per heavy atom. The highest BCUT2D eigenvalue weighted by atomic mass is 16.5. The number of hydrogen-bond donors (Lipinski definition) is 2. The Labute approximate surface area is 164 Å². The zero-order chi connectivity index (χ0) is 20.5. The number of aromatic nitrogens is 1. The molecule has 0 aliphatic rings. The molecule has 28 heavy (non-hydrogen) atoms. The lowest BCUT2D eigenvalue weighted by atomic mass is 10.3. The molecule has 0 fully saturated rings. The lowest BCUT2D eigenvalue weighted by Gasteiger charge is -2.24. The van der Waals surface area contributed by atoms with Gasteiger partial charge in [0.2, 0.25) is 5.91 Å². The Morgan fingerprint density at radius 2 is 1.93 bits per heavy atom. The zero-order valence-corrected chi connectivity index (χ0v) is 16.7. The first-order valence-electron chi connectivity index (χ1n) is 9.04.